The van der Waals surface area contributed by atoms with E-state index in [1.807, 2.05) is 6.92 Å². The average Bonchev–Trinajstić information content (AvgIpc) is 3.09. The van der Waals surface area contributed by atoms with E-state index in [0.29, 0.717) is 18.0 Å². The fraction of sp³-hybridized carbons (Fsp3) is 0.429. The van der Waals surface area contributed by atoms with Crippen molar-refractivity contribution in [3.8, 4) is 0 Å². The predicted molar refractivity (Wildman–Crippen MR) is 70.7 cm³/mol. The number of nitrogens with zero attached hydrogens (tertiary/aromatic N) is 2. The number of anilines is 1. The fourth-order valence-corrected chi connectivity index (χ4v) is 2.22. The van der Waals surface area contributed by atoms with Gasteiger partial charge in [0, 0.05) is 18.7 Å². The van der Waals surface area contributed by atoms with Crippen LogP contribution in [-0.4, -0.2) is 16.8 Å². The molecule has 0 saturated carbocycles. The van der Waals surface area contributed by atoms with Crippen LogP contribution < -0.4 is 5.32 Å². The van der Waals surface area contributed by atoms with Crippen LogP contribution in [0.4, 0.5) is 10.4 Å². The molecule has 1 aliphatic rings. The fourth-order valence-electron chi connectivity index (χ4n) is 2.22. The molecule has 1 aromatic carbocycles. The number of aromatic nitrogens is 2. The lowest BCUT2D eigenvalue weighted by atomic mass is 10.1. The molecule has 1 aromatic heterocycles. The van der Waals surface area contributed by atoms with Gasteiger partial charge in [0.15, 0.2) is 0 Å². The van der Waals surface area contributed by atoms with Gasteiger partial charge in [-0.05, 0) is 25.8 Å². The van der Waals surface area contributed by atoms with Crippen molar-refractivity contribution in [3.63, 3.8) is 0 Å². The predicted octanol–water partition coefficient (Wildman–Crippen LogP) is 2.98. The molecule has 1 N–H and O–H groups in total. The lowest BCUT2D eigenvalue weighted by Gasteiger charge is -2.05. The zero-order valence-corrected chi connectivity index (χ0v) is 11.2. The molecule has 6 heteroatoms. The first-order chi connectivity index (χ1) is 9.72. The second kappa shape index (κ2) is 5.58. The molecular formula is C14H16FN3O2. The van der Waals surface area contributed by atoms with E-state index in [9.17, 15) is 4.39 Å². The van der Waals surface area contributed by atoms with Crippen molar-refractivity contribution in [2.75, 3.05) is 11.9 Å². The Kier molecular flexibility index (Phi) is 3.64. The van der Waals surface area contributed by atoms with E-state index >= 15 is 0 Å². The summed E-state index contributed by atoms with van der Waals surface area (Å²) in [5.74, 6) is 0.233. The van der Waals surface area contributed by atoms with Crippen molar-refractivity contribution in [2.24, 2.45) is 0 Å². The summed E-state index contributed by atoms with van der Waals surface area (Å²) in [5, 5.41) is 10.8. The maximum absolute atomic E-state index is 13.6. The Morgan fingerprint density at radius 2 is 2.30 bits per heavy atom. The molecule has 1 aliphatic heterocycles. The van der Waals surface area contributed by atoms with Crippen molar-refractivity contribution in [1.82, 2.24) is 10.2 Å². The average molecular weight is 277 g/mol. The van der Waals surface area contributed by atoms with Gasteiger partial charge in [-0.2, -0.15) is 0 Å². The number of hydrogen-bond acceptors (Lipinski definition) is 5. The molecule has 5 nitrogen and oxygen atoms in total. The largest absolute Gasteiger partial charge is 0.405 e. The summed E-state index contributed by atoms with van der Waals surface area (Å²) in [6.07, 6.45) is 1.80. The highest BCUT2D eigenvalue weighted by Crippen LogP contribution is 2.28. The van der Waals surface area contributed by atoms with Gasteiger partial charge in [0.25, 0.3) is 0 Å². The SMILES string of the molecule is Cc1ccc(F)c(CNc2nnc([C@@H]3CCCO3)o2)c1. The van der Waals surface area contributed by atoms with Gasteiger partial charge in [0.1, 0.15) is 11.9 Å². The summed E-state index contributed by atoms with van der Waals surface area (Å²) in [7, 11) is 0. The summed E-state index contributed by atoms with van der Waals surface area (Å²) >= 11 is 0. The Hall–Kier alpha value is -1.95. The quantitative estimate of drug-likeness (QED) is 0.931. The van der Waals surface area contributed by atoms with Crippen molar-refractivity contribution in [3.05, 3.63) is 41.0 Å². The smallest absolute Gasteiger partial charge is 0.315 e. The number of halogens is 1. The van der Waals surface area contributed by atoms with Gasteiger partial charge in [-0.3, -0.25) is 0 Å². The minimum atomic E-state index is -0.248. The third-order valence-electron chi connectivity index (χ3n) is 3.28. The van der Waals surface area contributed by atoms with E-state index in [-0.39, 0.29) is 17.9 Å². The third-order valence-corrected chi connectivity index (χ3v) is 3.28. The number of hydrogen-bond donors (Lipinski definition) is 1. The molecule has 3 rings (SSSR count). The van der Waals surface area contributed by atoms with E-state index in [1.54, 1.807) is 12.1 Å². The van der Waals surface area contributed by atoms with Gasteiger partial charge < -0.3 is 14.5 Å². The topological polar surface area (TPSA) is 60.2 Å². The Morgan fingerprint density at radius 1 is 1.40 bits per heavy atom. The summed E-state index contributed by atoms with van der Waals surface area (Å²) in [4.78, 5) is 0. The Labute approximate surface area is 116 Å². The maximum atomic E-state index is 13.6. The van der Waals surface area contributed by atoms with E-state index < -0.39 is 0 Å². The number of nitrogens with one attached hydrogen (secondary N) is 1. The number of aryl methyl sites for hydroxylation is 1. The zero-order valence-electron chi connectivity index (χ0n) is 11.2. The Morgan fingerprint density at radius 3 is 3.10 bits per heavy atom. The summed E-state index contributed by atoms with van der Waals surface area (Å²) < 4.78 is 24.5. The van der Waals surface area contributed by atoms with Gasteiger partial charge in [0.2, 0.25) is 5.89 Å². The summed E-state index contributed by atoms with van der Waals surface area (Å²) in [6.45, 7) is 2.95. The van der Waals surface area contributed by atoms with E-state index in [4.69, 9.17) is 9.15 Å². The number of benzene rings is 1. The highest BCUT2D eigenvalue weighted by Gasteiger charge is 2.23. The van der Waals surface area contributed by atoms with Gasteiger partial charge in [-0.25, -0.2) is 4.39 Å². The van der Waals surface area contributed by atoms with Crippen LogP contribution in [0.3, 0.4) is 0 Å². The molecule has 0 bridgehead atoms. The molecule has 1 saturated heterocycles. The van der Waals surface area contributed by atoms with Crippen molar-refractivity contribution in [1.29, 1.82) is 0 Å². The summed E-state index contributed by atoms with van der Waals surface area (Å²) in [6, 6.07) is 5.27. The van der Waals surface area contributed by atoms with Crippen molar-refractivity contribution in [2.45, 2.75) is 32.4 Å². The van der Waals surface area contributed by atoms with Crippen LogP contribution in [0.15, 0.2) is 22.6 Å². The highest BCUT2D eigenvalue weighted by atomic mass is 19.1. The standard InChI is InChI=1S/C14H16FN3O2/c1-9-4-5-11(15)10(7-9)8-16-14-18-17-13(20-14)12-3-2-6-19-12/h4-5,7,12H,2-3,6,8H2,1H3,(H,16,18)/t12-/m0/s1. The van der Waals surface area contributed by atoms with Crippen LogP contribution >= 0.6 is 0 Å². The highest BCUT2D eigenvalue weighted by molar-refractivity contribution is 5.28. The Balaban J connectivity index is 1.64. The van der Waals surface area contributed by atoms with E-state index in [1.165, 1.54) is 6.07 Å². The molecule has 0 amide bonds. The van der Waals surface area contributed by atoms with Gasteiger partial charge in [-0.1, -0.05) is 22.8 Å². The zero-order chi connectivity index (χ0) is 13.9. The normalized spacial score (nSPS) is 18.4. The molecule has 0 aliphatic carbocycles. The van der Waals surface area contributed by atoms with Crippen LogP contribution in [0.25, 0.3) is 0 Å². The molecular weight excluding hydrogens is 261 g/mol. The third kappa shape index (κ3) is 2.80. The second-order valence-corrected chi connectivity index (χ2v) is 4.90. The van der Waals surface area contributed by atoms with E-state index in [0.717, 1.165) is 25.0 Å². The number of rotatable bonds is 4. The Bertz CT molecular complexity index is 594. The molecule has 2 aromatic rings. The van der Waals surface area contributed by atoms with Crippen LogP contribution in [-0.2, 0) is 11.3 Å². The van der Waals surface area contributed by atoms with Crippen LogP contribution in [0, 0.1) is 12.7 Å². The molecule has 20 heavy (non-hydrogen) atoms. The minimum Gasteiger partial charge on any atom is -0.405 e. The van der Waals surface area contributed by atoms with Crippen LogP contribution in [0.5, 0.6) is 0 Å². The van der Waals surface area contributed by atoms with Gasteiger partial charge >= 0.3 is 6.01 Å². The maximum Gasteiger partial charge on any atom is 0.315 e. The van der Waals surface area contributed by atoms with Crippen molar-refractivity contribution >= 4 is 6.01 Å². The van der Waals surface area contributed by atoms with Crippen LogP contribution in [0.1, 0.15) is 36.0 Å². The minimum absolute atomic E-state index is 0.103. The van der Waals surface area contributed by atoms with Gasteiger partial charge in [-0.15, -0.1) is 5.10 Å². The first kappa shape index (κ1) is 13.1. The molecule has 0 spiro atoms. The molecule has 106 valence electrons. The molecule has 0 radical (unpaired) electrons. The number of ether oxygens (including phenoxy) is 1. The van der Waals surface area contributed by atoms with Crippen molar-refractivity contribution < 1.29 is 13.5 Å². The molecule has 2 heterocycles. The molecule has 1 fully saturated rings. The lowest BCUT2D eigenvalue weighted by molar-refractivity contribution is 0.0897. The summed E-state index contributed by atoms with van der Waals surface area (Å²) in [5.41, 5.74) is 1.58. The first-order valence-corrected chi connectivity index (χ1v) is 6.66. The van der Waals surface area contributed by atoms with Crippen LogP contribution in [0.2, 0.25) is 0 Å². The second-order valence-electron chi connectivity index (χ2n) is 4.90. The lowest BCUT2D eigenvalue weighted by Crippen LogP contribution is -2.02. The molecule has 1 atom stereocenters. The molecule has 0 unspecified atom stereocenters. The monoisotopic (exact) mass is 277 g/mol. The van der Waals surface area contributed by atoms with Gasteiger partial charge in [0.05, 0.1) is 0 Å². The first-order valence-electron chi connectivity index (χ1n) is 6.66. The van der Waals surface area contributed by atoms with E-state index in [2.05, 4.69) is 15.5 Å².